The first-order valence-corrected chi connectivity index (χ1v) is 6.74. The van der Waals surface area contributed by atoms with Crippen molar-refractivity contribution in [2.75, 3.05) is 11.9 Å². The lowest BCUT2D eigenvalue weighted by molar-refractivity contribution is 0.625. The van der Waals surface area contributed by atoms with Gasteiger partial charge in [0.05, 0.1) is 0 Å². The number of benzene rings is 2. The number of nitrogens with zero attached hydrogens (tertiary/aromatic N) is 1. The summed E-state index contributed by atoms with van der Waals surface area (Å²) in [6.07, 6.45) is 0. The summed E-state index contributed by atoms with van der Waals surface area (Å²) >= 11 is 5.10. The van der Waals surface area contributed by atoms with Gasteiger partial charge in [0.15, 0.2) is 0 Å². The molecule has 0 fully saturated rings. The molecule has 2 aromatic carbocycles. The van der Waals surface area contributed by atoms with Crippen molar-refractivity contribution in [3.8, 4) is 0 Å². The quantitative estimate of drug-likeness (QED) is 0.874. The lowest BCUT2D eigenvalue weighted by Gasteiger charge is -2.22. The van der Waals surface area contributed by atoms with Gasteiger partial charge < -0.3 is 10.6 Å². The zero-order valence-corrected chi connectivity index (χ0v) is 12.4. The monoisotopic (exact) mass is 288 g/mol. The van der Waals surface area contributed by atoms with Crippen LogP contribution in [0, 0.1) is 12.7 Å². The molecule has 20 heavy (non-hydrogen) atoms. The van der Waals surface area contributed by atoms with Crippen LogP contribution in [0.15, 0.2) is 42.5 Å². The molecule has 0 saturated carbocycles. The van der Waals surface area contributed by atoms with Crippen molar-refractivity contribution in [2.24, 2.45) is 5.73 Å². The van der Waals surface area contributed by atoms with E-state index in [1.165, 1.54) is 12.1 Å². The van der Waals surface area contributed by atoms with E-state index in [-0.39, 0.29) is 5.82 Å². The number of aryl methyl sites for hydroxylation is 1. The summed E-state index contributed by atoms with van der Waals surface area (Å²) in [7, 11) is 1.94. The Kier molecular flexibility index (Phi) is 4.35. The van der Waals surface area contributed by atoms with E-state index in [1.54, 1.807) is 6.07 Å². The van der Waals surface area contributed by atoms with E-state index in [4.69, 9.17) is 18.0 Å². The maximum Gasteiger partial charge on any atom is 0.123 e. The zero-order chi connectivity index (χ0) is 14.7. The van der Waals surface area contributed by atoms with Gasteiger partial charge in [-0.3, -0.25) is 0 Å². The van der Waals surface area contributed by atoms with Crippen LogP contribution in [0.3, 0.4) is 0 Å². The highest BCUT2D eigenvalue weighted by atomic mass is 32.1. The van der Waals surface area contributed by atoms with E-state index >= 15 is 0 Å². The van der Waals surface area contributed by atoms with Crippen molar-refractivity contribution in [1.82, 2.24) is 0 Å². The van der Waals surface area contributed by atoms with E-state index in [1.807, 2.05) is 43.1 Å². The SMILES string of the molecule is Cc1ccc(N(C)Cc2cccc(F)c2)c(C(N)=S)c1. The Bertz CT molecular complexity index is 640. The van der Waals surface area contributed by atoms with Crippen molar-refractivity contribution in [2.45, 2.75) is 13.5 Å². The van der Waals surface area contributed by atoms with Gasteiger partial charge in [0.1, 0.15) is 10.8 Å². The van der Waals surface area contributed by atoms with Crippen molar-refractivity contribution in [1.29, 1.82) is 0 Å². The summed E-state index contributed by atoms with van der Waals surface area (Å²) in [5.74, 6) is -0.227. The van der Waals surface area contributed by atoms with Crippen LogP contribution in [0.1, 0.15) is 16.7 Å². The predicted molar refractivity (Wildman–Crippen MR) is 85.6 cm³/mol. The van der Waals surface area contributed by atoms with Crippen molar-refractivity contribution in [3.63, 3.8) is 0 Å². The van der Waals surface area contributed by atoms with Gasteiger partial charge in [-0.1, -0.05) is 36.0 Å². The third-order valence-electron chi connectivity index (χ3n) is 3.14. The summed E-state index contributed by atoms with van der Waals surface area (Å²) in [4.78, 5) is 2.39. The van der Waals surface area contributed by atoms with Gasteiger partial charge in [0.25, 0.3) is 0 Å². The summed E-state index contributed by atoms with van der Waals surface area (Å²) in [5, 5.41) is 0. The molecule has 2 aromatic rings. The Hall–Kier alpha value is -1.94. The maximum absolute atomic E-state index is 13.2. The fourth-order valence-corrected chi connectivity index (χ4v) is 2.34. The highest BCUT2D eigenvalue weighted by Crippen LogP contribution is 2.22. The third-order valence-corrected chi connectivity index (χ3v) is 3.36. The van der Waals surface area contributed by atoms with Crippen LogP contribution in [-0.4, -0.2) is 12.0 Å². The normalized spacial score (nSPS) is 10.3. The summed E-state index contributed by atoms with van der Waals surface area (Å²) in [6, 6.07) is 12.6. The molecule has 0 aliphatic rings. The van der Waals surface area contributed by atoms with Gasteiger partial charge in [0, 0.05) is 24.8 Å². The summed E-state index contributed by atoms with van der Waals surface area (Å²) in [6.45, 7) is 2.59. The fraction of sp³-hybridized carbons (Fsp3) is 0.188. The molecule has 0 radical (unpaired) electrons. The molecule has 104 valence electrons. The van der Waals surface area contributed by atoms with Crippen LogP contribution < -0.4 is 10.6 Å². The minimum atomic E-state index is -0.227. The van der Waals surface area contributed by atoms with Crippen molar-refractivity contribution in [3.05, 3.63) is 65.0 Å². The second kappa shape index (κ2) is 6.01. The number of halogens is 1. The molecular formula is C16H17FN2S. The highest BCUT2D eigenvalue weighted by Gasteiger charge is 2.10. The minimum absolute atomic E-state index is 0.227. The van der Waals surface area contributed by atoms with E-state index in [9.17, 15) is 4.39 Å². The van der Waals surface area contributed by atoms with Gasteiger partial charge in [-0.25, -0.2) is 4.39 Å². The standard InChI is InChI=1S/C16H17FN2S/c1-11-6-7-15(14(8-11)16(18)20)19(2)10-12-4-3-5-13(17)9-12/h3-9H,10H2,1-2H3,(H2,18,20). The Labute approximate surface area is 124 Å². The largest absolute Gasteiger partial charge is 0.389 e. The van der Waals surface area contributed by atoms with Crippen LogP contribution in [0.4, 0.5) is 10.1 Å². The summed E-state index contributed by atoms with van der Waals surface area (Å²) in [5.41, 5.74) is 9.59. The Morgan fingerprint density at radius 3 is 2.65 bits per heavy atom. The maximum atomic E-state index is 13.2. The van der Waals surface area contributed by atoms with Gasteiger partial charge in [0.2, 0.25) is 0 Å². The second-order valence-corrected chi connectivity index (χ2v) is 5.31. The molecule has 0 heterocycles. The van der Waals surface area contributed by atoms with Crippen LogP contribution in [-0.2, 0) is 6.54 Å². The predicted octanol–water partition coefficient (Wildman–Crippen LogP) is 3.40. The molecule has 0 bridgehead atoms. The molecule has 0 aliphatic heterocycles. The van der Waals surface area contributed by atoms with Crippen LogP contribution in [0.2, 0.25) is 0 Å². The first-order valence-electron chi connectivity index (χ1n) is 6.33. The molecule has 0 aromatic heterocycles. The number of thiocarbonyl (C=S) groups is 1. The van der Waals surface area contributed by atoms with Gasteiger partial charge in [-0.2, -0.15) is 0 Å². The van der Waals surface area contributed by atoms with Crippen LogP contribution >= 0.6 is 12.2 Å². The molecule has 0 saturated heterocycles. The topological polar surface area (TPSA) is 29.3 Å². The zero-order valence-electron chi connectivity index (χ0n) is 11.6. The number of anilines is 1. The number of rotatable bonds is 4. The van der Waals surface area contributed by atoms with E-state index in [0.29, 0.717) is 11.5 Å². The number of hydrogen-bond donors (Lipinski definition) is 1. The van der Waals surface area contributed by atoms with Gasteiger partial charge in [-0.05, 0) is 36.8 Å². The van der Waals surface area contributed by atoms with E-state index in [0.717, 1.165) is 22.4 Å². The molecule has 0 amide bonds. The third kappa shape index (κ3) is 3.33. The number of hydrogen-bond acceptors (Lipinski definition) is 2. The highest BCUT2D eigenvalue weighted by molar-refractivity contribution is 7.80. The lowest BCUT2D eigenvalue weighted by Crippen LogP contribution is -2.21. The lowest BCUT2D eigenvalue weighted by atomic mass is 10.1. The van der Waals surface area contributed by atoms with Gasteiger partial charge >= 0.3 is 0 Å². The first kappa shape index (κ1) is 14.5. The minimum Gasteiger partial charge on any atom is -0.389 e. The Morgan fingerprint density at radius 2 is 2.00 bits per heavy atom. The van der Waals surface area contributed by atoms with E-state index < -0.39 is 0 Å². The molecule has 4 heteroatoms. The average molecular weight is 288 g/mol. The average Bonchev–Trinajstić information content (AvgIpc) is 2.38. The molecule has 2 nitrogen and oxygen atoms in total. The fourth-order valence-electron chi connectivity index (χ4n) is 2.17. The molecule has 2 N–H and O–H groups in total. The molecule has 2 rings (SSSR count). The molecule has 0 atom stereocenters. The molecular weight excluding hydrogens is 271 g/mol. The van der Waals surface area contributed by atoms with Crippen LogP contribution in [0.25, 0.3) is 0 Å². The number of nitrogens with two attached hydrogens (primary N) is 1. The molecule has 0 aliphatic carbocycles. The Morgan fingerprint density at radius 1 is 1.25 bits per heavy atom. The Balaban J connectivity index is 2.29. The summed E-state index contributed by atoms with van der Waals surface area (Å²) < 4.78 is 13.2. The van der Waals surface area contributed by atoms with Crippen LogP contribution in [0.5, 0.6) is 0 Å². The second-order valence-electron chi connectivity index (χ2n) is 4.87. The van der Waals surface area contributed by atoms with Crippen molar-refractivity contribution < 1.29 is 4.39 Å². The molecule has 0 unspecified atom stereocenters. The van der Waals surface area contributed by atoms with Gasteiger partial charge in [-0.15, -0.1) is 0 Å². The first-order chi connectivity index (χ1) is 9.47. The van der Waals surface area contributed by atoms with Crippen molar-refractivity contribution >= 4 is 22.9 Å². The smallest absolute Gasteiger partial charge is 0.123 e. The van der Waals surface area contributed by atoms with E-state index in [2.05, 4.69) is 0 Å². The molecule has 0 spiro atoms.